The van der Waals surface area contributed by atoms with Gasteiger partial charge in [-0.1, -0.05) is 35.9 Å². The van der Waals surface area contributed by atoms with Crippen LogP contribution < -0.4 is 15.4 Å². The normalized spacial score (nSPS) is 15.3. The quantitative estimate of drug-likeness (QED) is 0.428. The number of carbonyl (C=O) groups is 1. The molecule has 0 saturated heterocycles. The Balaban J connectivity index is 1.66. The van der Waals surface area contributed by atoms with E-state index < -0.39 is 0 Å². The number of nitrogens with one attached hydrogen (secondary N) is 2. The monoisotopic (exact) mass is 444 g/mol. The van der Waals surface area contributed by atoms with Gasteiger partial charge in [0.1, 0.15) is 5.75 Å². The van der Waals surface area contributed by atoms with Crippen molar-refractivity contribution in [3.8, 4) is 5.75 Å². The van der Waals surface area contributed by atoms with E-state index in [1.54, 1.807) is 31.4 Å². The van der Waals surface area contributed by atoms with Gasteiger partial charge in [-0.25, -0.2) is 4.98 Å². The molecule has 1 aliphatic rings. The third kappa shape index (κ3) is 3.48. The van der Waals surface area contributed by atoms with Gasteiger partial charge in [-0.15, -0.1) is 0 Å². The van der Waals surface area contributed by atoms with Gasteiger partial charge in [0, 0.05) is 16.4 Å². The molecule has 2 heterocycles. The van der Waals surface area contributed by atoms with Crippen molar-refractivity contribution in [2.75, 3.05) is 17.7 Å². The summed E-state index contributed by atoms with van der Waals surface area (Å²) in [5.74, 6) is 1.22. The largest absolute Gasteiger partial charge is 0.497 e. The molecule has 0 fully saturated rings. The van der Waals surface area contributed by atoms with Crippen LogP contribution >= 0.6 is 11.6 Å². The second-order valence-corrected chi connectivity index (χ2v) is 8.03. The molecule has 160 valence electrons. The molecular formula is C25H21ClN4O2. The molecule has 1 aliphatic heterocycles. The Labute approximate surface area is 190 Å². The molecule has 0 saturated carbocycles. The Bertz CT molecular complexity index is 1360. The van der Waals surface area contributed by atoms with Crippen molar-refractivity contribution >= 4 is 40.2 Å². The summed E-state index contributed by atoms with van der Waals surface area (Å²) in [6.45, 7) is 1.90. The summed E-state index contributed by atoms with van der Waals surface area (Å²) >= 11 is 6.00. The number of hydrogen-bond donors (Lipinski definition) is 2. The van der Waals surface area contributed by atoms with Gasteiger partial charge in [-0.2, -0.15) is 0 Å². The van der Waals surface area contributed by atoms with Crippen LogP contribution in [0.5, 0.6) is 5.75 Å². The van der Waals surface area contributed by atoms with Crippen molar-refractivity contribution < 1.29 is 9.53 Å². The van der Waals surface area contributed by atoms with Crippen LogP contribution in [0.1, 0.15) is 18.5 Å². The minimum Gasteiger partial charge on any atom is -0.497 e. The summed E-state index contributed by atoms with van der Waals surface area (Å²) in [5, 5.41) is 6.94. The minimum absolute atomic E-state index is 0.200. The van der Waals surface area contributed by atoms with E-state index in [0.717, 1.165) is 28.0 Å². The number of carbonyl (C=O) groups excluding carboxylic acids is 1. The number of imidazole rings is 1. The average Bonchev–Trinajstić information content (AvgIpc) is 3.17. The predicted molar refractivity (Wildman–Crippen MR) is 127 cm³/mol. The van der Waals surface area contributed by atoms with Gasteiger partial charge in [-0.3, -0.25) is 9.36 Å². The number of allylic oxidation sites excluding steroid dienone is 1. The molecule has 0 spiro atoms. The average molecular weight is 445 g/mol. The Hall–Kier alpha value is -3.77. The second-order valence-electron chi connectivity index (χ2n) is 7.60. The van der Waals surface area contributed by atoms with E-state index in [1.165, 1.54) is 0 Å². The number of benzene rings is 3. The molecule has 1 aromatic heterocycles. The van der Waals surface area contributed by atoms with Crippen molar-refractivity contribution in [1.29, 1.82) is 0 Å². The Morgan fingerprint density at radius 1 is 1.09 bits per heavy atom. The number of halogens is 1. The highest BCUT2D eigenvalue weighted by atomic mass is 35.5. The highest BCUT2D eigenvalue weighted by molar-refractivity contribution is 6.30. The number of nitrogens with zero attached hydrogens (tertiary/aromatic N) is 2. The van der Waals surface area contributed by atoms with E-state index in [1.807, 2.05) is 55.5 Å². The fraction of sp³-hybridized carbons (Fsp3) is 0.120. The Kier molecular flexibility index (Phi) is 5.07. The van der Waals surface area contributed by atoms with Gasteiger partial charge in [0.25, 0.3) is 5.91 Å². The molecule has 6 nitrogen and oxygen atoms in total. The van der Waals surface area contributed by atoms with Crippen LogP contribution in [0.15, 0.2) is 84.1 Å². The zero-order valence-electron chi connectivity index (χ0n) is 17.6. The van der Waals surface area contributed by atoms with Crippen molar-refractivity contribution in [2.24, 2.45) is 0 Å². The number of ether oxygens (including phenoxy) is 1. The molecule has 32 heavy (non-hydrogen) atoms. The van der Waals surface area contributed by atoms with Gasteiger partial charge < -0.3 is 15.4 Å². The molecule has 2 N–H and O–H groups in total. The molecule has 7 heteroatoms. The fourth-order valence-electron chi connectivity index (χ4n) is 4.12. The zero-order chi connectivity index (χ0) is 22.2. The first-order valence-electron chi connectivity index (χ1n) is 10.2. The van der Waals surface area contributed by atoms with Crippen molar-refractivity contribution in [3.63, 3.8) is 0 Å². The van der Waals surface area contributed by atoms with Crippen molar-refractivity contribution in [2.45, 2.75) is 13.0 Å². The first kappa shape index (κ1) is 20.2. The zero-order valence-corrected chi connectivity index (χ0v) is 18.4. The van der Waals surface area contributed by atoms with Crippen LogP contribution in [0.25, 0.3) is 11.0 Å². The van der Waals surface area contributed by atoms with Gasteiger partial charge in [0.15, 0.2) is 0 Å². The van der Waals surface area contributed by atoms with Gasteiger partial charge >= 0.3 is 0 Å². The molecule has 0 unspecified atom stereocenters. The molecule has 1 amide bonds. The number of anilines is 2. The highest BCUT2D eigenvalue weighted by Gasteiger charge is 2.34. The van der Waals surface area contributed by atoms with Gasteiger partial charge in [0.05, 0.1) is 29.8 Å². The number of rotatable bonds is 4. The maximum Gasteiger partial charge on any atom is 0.255 e. The summed E-state index contributed by atoms with van der Waals surface area (Å²) in [5.41, 5.74) is 4.74. The van der Waals surface area contributed by atoms with Crippen LogP contribution in [0.2, 0.25) is 5.02 Å². The lowest BCUT2D eigenvalue weighted by Gasteiger charge is -2.31. The third-order valence-electron chi connectivity index (χ3n) is 5.59. The van der Waals surface area contributed by atoms with Crippen molar-refractivity contribution in [1.82, 2.24) is 9.55 Å². The predicted octanol–water partition coefficient (Wildman–Crippen LogP) is 5.63. The lowest BCUT2D eigenvalue weighted by Crippen LogP contribution is -2.30. The first-order chi connectivity index (χ1) is 15.5. The maximum absolute atomic E-state index is 13.6. The SMILES string of the molecule is COc1cccc([C@H]2C(C(=O)Nc3ccc(Cl)cc3)=C(C)Nc3nc4ccccc4n32)c1. The molecule has 0 aliphatic carbocycles. The number of para-hydroxylation sites is 2. The number of hydrogen-bond acceptors (Lipinski definition) is 4. The molecule has 1 atom stereocenters. The second kappa shape index (κ2) is 8.05. The van der Waals surface area contributed by atoms with E-state index in [4.69, 9.17) is 21.3 Å². The third-order valence-corrected chi connectivity index (χ3v) is 5.84. The Morgan fingerprint density at radius 3 is 2.66 bits per heavy atom. The van der Waals surface area contributed by atoms with E-state index >= 15 is 0 Å². The topological polar surface area (TPSA) is 68.2 Å². The van der Waals surface area contributed by atoms with Gasteiger partial charge in [-0.05, 0) is 61.0 Å². The van der Waals surface area contributed by atoms with Crippen molar-refractivity contribution in [3.05, 3.63) is 94.7 Å². The maximum atomic E-state index is 13.6. The molecule has 0 bridgehead atoms. The molecule has 5 rings (SSSR count). The van der Waals surface area contributed by atoms with E-state index in [2.05, 4.69) is 15.2 Å². The molecule has 0 radical (unpaired) electrons. The van der Waals surface area contributed by atoms with Crippen LogP contribution in [0.4, 0.5) is 11.6 Å². The summed E-state index contributed by atoms with van der Waals surface area (Å²) in [6, 6.07) is 22.4. The van der Waals surface area contributed by atoms with Crippen LogP contribution in [-0.4, -0.2) is 22.6 Å². The first-order valence-corrected chi connectivity index (χ1v) is 10.6. The smallest absolute Gasteiger partial charge is 0.255 e. The highest BCUT2D eigenvalue weighted by Crippen LogP contribution is 2.40. The van der Waals surface area contributed by atoms with Gasteiger partial charge in [0.2, 0.25) is 5.95 Å². The molecule has 4 aromatic rings. The lowest BCUT2D eigenvalue weighted by molar-refractivity contribution is -0.113. The minimum atomic E-state index is -0.388. The number of methoxy groups -OCH3 is 1. The van der Waals surface area contributed by atoms with Crippen LogP contribution in [-0.2, 0) is 4.79 Å². The van der Waals surface area contributed by atoms with Crippen LogP contribution in [0, 0.1) is 0 Å². The number of aromatic nitrogens is 2. The standard InChI is InChI=1S/C25H21ClN4O2/c1-15-22(24(31)28-18-12-10-17(26)11-13-18)23(16-6-5-7-19(14-16)32-2)30-21-9-4-3-8-20(21)29-25(30)27-15/h3-14,23H,1-2H3,(H,27,29)(H,28,31)/t23-/m0/s1. The summed E-state index contributed by atoms with van der Waals surface area (Å²) in [4.78, 5) is 18.3. The van der Waals surface area contributed by atoms with E-state index in [0.29, 0.717) is 22.2 Å². The summed E-state index contributed by atoms with van der Waals surface area (Å²) < 4.78 is 7.53. The summed E-state index contributed by atoms with van der Waals surface area (Å²) in [6.07, 6.45) is 0. The lowest BCUT2D eigenvalue weighted by atomic mass is 9.94. The molecular weight excluding hydrogens is 424 g/mol. The number of fused-ring (bicyclic) bond motifs is 3. The van der Waals surface area contributed by atoms with E-state index in [9.17, 15) is 4.79 Å². The van der Waals surface area contributed by atoms with Crippen LogP contribution in [0.3, 0.4) is 0 Å². The van der Waals surface area contributed by atoms with E-state index in [-0.39, 0.29) is 11.9 Å². The Morgan fingerprint density at radius 2 is 1.88 bits per heavy atom. The molecule has 3 aromatic carbocycles. The number of amides is 1. The summed E-state index contributed by atoms with van der Waals surface area (Å²) in [7, 11) is 1.63. The fourth-order valence-corrected chi connectivity index (χ4v) is 4.24.